The molecule has 1 atom stereocenters. The minimum atomic E-state index is -0.297. The molecule has 0 spiro atoms. The molecule has 3 nitrogen and oxygen atoms in total. The van der Waals surface area contributed by atoms with Crippen molar-refractivity contribution in [2.24, 2.45) is 5.73 Å². The minimum absolute atomic E-state index is 0.258. The fourth-order valence-electron chi connectivity index (χ4n) is 1.83. The predicted octanol–water partition coefficient (Wildman–Crippen LogP) is 2.86. The standard InChI is InChI=1S/C15H17FN2O/c1-11(17)14-10-13(16)2-3-15(14)19-9-6-12-4-7-18-8-5-12/h2-5,7-8,10-11H,6,9,17H2,1H3/t11-/m0/s1. The van der Waals surface area contributed by atoms with Crippen molar-refractivity contribution >= 4 is 0 Å². The fourth-order valence-corrected chi connectivity index (χ4v) is 1.83. The van der Waals surface area contributed by atoms with E-state index in [9.17, 15) is 4.39 Å². The lowest BCUT2D eigenvalue weighted by Gasteiger charge is -2.14. The zero-order valence-corrected chi connectivity index (χ0v) is 10.8. The maximum atomic E-state index is 13.2. The third-order valence-corrected chi connectivity index (χ3v) is 2.86. The molecule has 0 amide bonds. The Morgan fingerprint density at radius 1 is 1.26 bits per heavy atom. The van der Waals surface area contributed by atoms with Crippen LogP contribution < -0.4 is 10.5 Å². The lowest BCUT2D eigenvalue weighted by atomic mass is 10.1. The van der Waals surface area contributed by atoms with Crippen molar-refractivity contribution in [1.29, 1.82) is 0 Å². The van der Waals surface area contributed by atoms with Crippen LogP contribution in [0.5, 0.6) is 5.75 Å². The summed E-state index contributed by atoms with van der Waals surface area (Å²) in [7, 11) is 0. The monoisotopic (exact) mass is 260 g/mol. The molecule has 19 heavy (non-hydrogen) atoms. The molecule has 0 saturated carbocycles. The van der Waals surface area contributed by atoms with Gasteiger partial charge in [-0.05, 0) is 42.8 Å². The number of halogens is 1. The molecule has 2 rings (SSSR count). The molecule has 100 valence electrons. The number of ether oxygens (including phenoxy) is 1. The molecule has 0 saturated heterocycles. The second-order valence-electron chi connectivity index (χ2n) is 4.42. The van der Waals surface area contributed by atoms with Gasteiger partial charge < -0.3 is 10.5 Å². The van der Waals surface area contributed by atoms with Crippen LogP contribution in [0.2, 0.25) is 0 Å². The van der Waals surface area contributed by atoms with Gasteiger partial charge in [0.25, 0.3) is 0 Å². The number of hydrogen-bond acceptors (Lipinski definition) is 3. The number of nitrogens with zero attached hydrogens (tertiary/aromatic N) is 1. The van der Waals surface area contributed by atoms with Crippen LogP contribution in [-0.2, 0) is 6.42 Å². The zero-order chi connectivity index (χ0) is 13.7. The Hall–Kier alpha value is -1.94. The molecule has 1 aromatic heterocycles. The number of benzene rings is 1. The Balaban J connectivity index is 2.00. The van der Waals surface area contributed by atoms with E-state index < -0.39 is 0 Å². The van der Waals surface area contributed by atoms with E-state index >= 15 is 0 Å². The SMILES string of the molecule is C[C@H](N)c1cc(F)ccc1OCCc1ccncc1. The Morgan fingerprint density at radius 3 is 2.68 bits per heavy atom. The number of aromatic nitrogens is 1. The van der Waals surface area contributed by atoms with Crippen molar-refractivity contribution in [2.75, 3.05) is 6.61 Å². The molecule has 2 N–H and O–H groups in total. The van der Waals surface area contributed by atoms with E-state index in [1.165, 1.54) is 12.1 Å². The quantitative estimate of drug-likeness (QED) is 0.899. The highest BCUT2D eigenvalue weighted by molar-refractivity contribution is 5.36. The largest absolute Gasteiger partial charge is 0.493 e. The Bertz CT molecular complexity index is 529. The first kappa shape index (κ1) is 13.5. The summed E-state index contributed by atoms with van der Waals surface area (Å²) in [4.78, 5) is 3.96. The molecule has 0 aliphatic rings. The molecule has 0 aliphatic heterocycles. The van der Waals surface area contributed by atoms with Gasteiger partial charge in [-0.1, -0.05) is 0 Å². The van der Waals surface area contributed by atoms with Gasteiger partial charge in [-0.2, -0.15) is 0 Å². The van der Waals surface area contributed by atoms with E-state index in [0.29, 0.717) is 17.9 Å². The lowest BCUT2D eigenvalue weighted by molar-refractivity contribution is 0.316. The number of nitrogens with two attached hydrogens (primary N) is 1. The zero-order valence-electron chi connectivity index (χ0n) is 10.8. The van der Waals surface area contributed by atoms with Crippen LogP contribution in [0.3, 0.4) is 0 Å². The van der Waals surface area contributed by atoms with E-state index in [2.05, 4.69) is 4.98 Å². The average molecular weight is 260 g/mol. The van der Waals surface area contributed by atoms with Gasteiger partial charge in [-0.25, -0.2) is 4.39 Å². The van der Waals surface area contributed by atoms with Gasteiger partial charge in [0.1, 0.15) is 11.6 Å². The highest BCUT2D eigenvalue weighted by atomic mass is 19.1. The lowest BCUT2D eigenvalue weighted by Crippen LogP contribution is -2.10. The van der Waals surface area contributed by atoms with Crippen molar-refractivity contribution in [3.8, 4) is 5.75 Å². The molecule has 0 unspecified atom stereocenters. The summed E-state index contributed by atoms with van der Waals surface area (Å²) in [6.07, 6.45) is 4.28. The Morgan fingerprint density at radius 2 is 2.00 bits per heavy atom. The van der Waals surface area contributed by atoms with Crippen LogP contribution in [0.1, 0.15) is 24.1 Å². The fraction of sp³-hybridized carbons (Fsp3) is 0.267. The van der Waals surface area contributed by atoms with Crippen LogP contribution in [0, 0.1) is 5.82 Å². The molecule has 4 heteroatoms. The van der Waals surface area contributed by atoms with E-state index in [4.69, 9.17) is 10.5 Å². The van der Waals surface area contributed by atoms with E-state index in [1.807, 2.05) is 19.1 Å². The van der Waals surface area contributed by atoms with Gasteiger partial charge in [0.2, 0.25) is 0 Å². The van der Waals surface area contributed by atoms with E-state index in [1.54, 1.807) is 18.5 Å². The first-order valence-electron chi connectivity index (χ1n) is 6.23. The third kappa shape index (κ3) is 3.76. The summed E-state index contributed by atoms with van der Waals surface area (Å²) in [6.45, 7) is 2.33. The van der Waals surface area contributed by atoms with Crippen molar-refractivity contribution in [3.05, 3.63) is 59.7 Å². The first-order valence-corrected chi connectivity index (χ1v) is 6.23. The van der Waals surface area contributed by atoms with Crippen LogP contribution >= 0.6 is 0 Å². The Labute approximate surface area is 112 Å². The maximum Gasteiger partial charge on any atom is 0.124 e. The highest BCUT2D eigenvalue weighted by Crippen LogP contribution is 2.24. The topological polar surface area (TPSA) is 48.1 Å². The van der Waals surface area contributed by atoms with Gasteiger partial charge >= 0.3 is 0 Å². The highest BCUT2D eigenvalue weighted by Gasteiger charge is 2.09. The number of hydrogen-bond donors (Lipinski definition) is 1. The molecule has 0 radical (unpaired) electrons. The Kier molecular flexibility index (Phi) is 4.47. The molecular formula is C15H17FN2O. The van der Waals surface area contributed by atoms with Crippen molar-refractivity contribution < 1.29 is 9.13 Å². The summed E-state index contributed by atoms with van der Waals surface area (Å²) in [5.74, 6) is 0.347. The molecule has 0 aliphatic carbocycles. The summed E-state index contributed by atoms with van der Waals surface area (Å²) in [5.41, 5.74) is 7.65. The molecule has 1 aromatic carbocycles. The molecular weight excluding hydrogens is 243 g/mol. The normalized spacial score (nSPS) is 12.2. The summed E-state index contributed by atoms with van der Waals surface area (Å²) < 4.78 is 18.9. The molecule has 0 fully saturated rings. The summed E-state index contributed by atoms with van der Waals surface area (Å²) in [6, 6.07) is 8.06. The van der Waals surface area contributed by atoms with E-state index in [0.717, 1.165) is 12.0 Å². The van der Waals surface area contributed by atoms with Gasteiger partial charge in [-0.3, -0.25) is 4.98 Å². The van der Waals surface area contributed by atoms with Gasteiger partial charge in [0.15, 0.2) is 0 Å². The van der Waals surface area contributed by atoms with Crippen molar-refractivity contribution in [3.63, 3.8) is 0 Å². The summed E-state index contributed by atoms with van der Waals surface area (Å²) in [5, 5.41) is 0. The number of pyridine rings is 1. The van der Waals surface area contributed by atoms with Crippen LogP contribution in [-0.4, -0.2) is 11.6 Å². The number of rotatable bonds is 5. The minimum Gasteiger partial charge on any atom is -0.493 e. The van der Waals surface area contributed by atoms with Crippen LogP contribution in [0.15, 0.2) is 42.7 Å². The van der Waals surface area contributed by atoms with Crippen LogP contribution in [0.25, 0.3) is 0 Å². The van der Waals surface area contributed by atoms with Gasteiger partial charge in [-0.15, -0.1) is 0 Å². The molecule has 1 heterocycles. The average Bonchev–Trinajstić information content (AvgIpc) is 2.41. The first-order chi connectivity index (χ1) is 9.16. The molecule has 0 bridgehead atoms. The second-order valence-corrected chi connectivity index (χ2v) is 4.42. The summed E-state index contributed by atoms with van der Waals surface area (Å²) >= 11 is 0. The second kappa shape index (κ2) is 6.29. The molecule has 2 aromatic rings. The van der Waals surface area contributed by atoms with Crippen LogP contribution in [0.4, 0.5) is 4.39 Å². The van der Waals surface area contributed by atoms with Crippen molar-refractivity contribution in [1.82, 2.24) is 4.98 Å². The maximum absolute atomic E-state index is 13.2. The predicted molar refractivity (Wildman–Crippen MR) is 72.4 cm³/mol. The van der Waals surface area contributed by atoms with Gasteiger partial charge in [0.05, 0.1) is 6.61 Å². The van der Waals surface area contributed by atoms with E-state index in [-0.39, 0.29) is 11.9 Å². The van der Waals surface area contributed by atoms with Crippen molar-refractivity contribution in [2.45, 2.75) is 19.4 Å². The van der Waals surface area contributed by atoms with Gasteiger partial charge in [0, 0.05) is 30.4 Å². The smallest absolute Gasteiger partial charge is 0.124 e. The third-order valence-electron chi connectivity index (χ3n) is 2.86.